The van der Waals surface area contributed by atoms with E-state index in [1.165, 1.54) is 12.0 Å². The minimum absolute atomic E-state index is 0.0957. The number of benzene rings is 3. The maximum atomic E-state index is 14.4. The lowest BCUT2D eigenvalue weighted by molar-refractivity contribution is -0.275. The molecule has 5 rings (SSSR count). The Kier molecular flexibility index (Phi) is 8.59. The highest BCUT2D eigenvalue weighted by Crippen LogP contribution is 2.39. The van der Waals surface area contributed by atoms with E-state index in [0.717, 1.165) is 12.1 Å². The molecular formula is C30H27ClF4N2O6. The Labute approximate surface area is 249 Å². The minimum atomic E-state index is -5.11. The van der Waals surface area contributed by atoms with Gasteiger partial charge in [0.1, 0.15) is 17.5 Å². The van der Waals surface area contributed by atoms with E-state index in [4.69, 9.17) is 26.2 Å². The van der Waals surface area contributed by atoms with Gasteiger partial charge in [-0.05, 0) is 54.5 Å². The molecule has 1 amide bonds. The fourth-order valence-electron chi connectivity index (χ4n) is 5.23. The number of carbonyl (C=O) groups is 2. The number of hydrogen-bond acceptors (Lipinski definition) is 6. The summed E-state index contributed by atoms with van der Waals surface area (Å²) in [6.45, 7) is 0.416. The number of ether oxygens (including phenoxy) is 3. The molecule has 2 aliphatic rings. The predicted molar refractivity (Wildman–Crippen MR) is 149 cm³/mol. The van der Waals surface area contributed by atoms with Crippen LogP contribution >= 0.6 is 11.6 Å². The lowest BCUT2D eigenvalue weighted by atomic mass is 9.75. The molecule has 0 spiro atoms. The van der Waals surface area contributed by atoms with Crippen LogP contribution in [0.5, 0.6) is 17.2 Å². The van der Waals surface area contributed by atoms with Crippen molar-refractivity contribution in [3.63, 3.8) is 0 Å². The summed E-state index contributed by atoms with van der Waals surface area (Å²) in [5, 5.41) is 12.7. The van der Waals surface area contributed by atoms with E-state index in [0.29, 0.717) is 52.8 Å². The van der Waals surface area contributed by atoms with Crippen LogP contribution in [0.25, 0.3) is 0 Å². The number of anilines is 2. The molecule has 1 heterocycles. The minimum Gasteiger partial charge on any atom is -0.497 e. The molecule has 43 heavy (non-hydrogen) atoms. The Morgan fingerprint density at radius 2 is 1.79 bits per heavy atom. The van der Waals surface area contributed by atoms with Crippen LogP contribution in [-0.4, -0.2) is 43.6 Å². The highest BCUT2D eigenvalue weighted by atomic mass is 35.5. The van der Waals surface area contributed by atoms with Gasteiger partial charge in [-0.3, -0.25) is 9.59 Å². The van der Waals surface area contributed by atoms with Crippen molar-refractivity contribution in [3.05, 3.63) is 76.6 Å². The van der Waals surface area contributed by atoms with Gasteiger partial charge in [-0.1, -0.05) is 23.7 Å². The van der Waals surface area contributed by atoms with Crippen molar-refractivity contribution in [1.29, 1.82) is 0 Å². The van der Waals surface area contributed by atoms with E-state index in [1.54, 1.807) is 42.5 Å². The van der Waals surface area contributed by atoms with Crippen LogP contribution in [-0.2, 0) is 16.0 Å². The van der Waals surface area contributed by atoms with Gasteiger partial charge in [0, 0.05) is 41.5 Å². The number of amides is 1. The smallest absolute Gasteiger partial charge is 0.497 e. The maximum Gasteiger partial charge on any atom is 0.573 e. The first kappa shape index (κ1) is 30.3. The van der Waals surface area contributed by atoms with Crippen molar-refractivity contribution in [3.8, 4) is 17.2 Å². The van der Waals surface area contributed by atoms with Gasteiger partial charge < -0.3 is 29.5 Å². The second-order valence-corrected chi connectivity index (χ2v) is 10.8. The van der Waals surface area contributed by atoms with Gasteiger partial charge in [-0.2, -0.15) is 0 Å². The number of rotatable bonds is 10. The Hall–Kier alpha value is -4.19. The van der Waals surface area contributed by atoms with Gasteiger partial charge in [0.15, 0.2) is 11.6 Å². The third-order valence-corrected chi connectivity index (χ3v) is 7.72. The maximum absolute atomic E-state index is 14.4. The summed E-state index contributed by atoms with van der Waals surface area (Å²) in [6.07, 6.45) is -3.83. The number of halogens is 5. The first-order valence-corrected chi connectivity index (χ1v) is 13.7. The normalized spacial score (nSPS) is 18.3. The second kappa shape index (κ2) is 12.2. The van der Waals surface area contributed by atoms with Gasteiger partial charge in [0.2, 0.25) is 0 Å². The number of alkyl halides is 3. The summed E-state index contributed by atoms with van der Waals surface area (Å²) in [5.41, 5.74) is 1.44. The molecule has 0 radical (unpaired) electrons. The quantitative estimate of drug-likeness (QED) is 0.245. The van der Waals surface area contributed by atoms with Crippen molar-refractivity contribution in [2.75, 3.05) is 30.5 Å². The molecule has 3 aromatic rings. The molecule has 8 nitrogen and oxygen atoms in total. The number of methoxy groups -OCH3 is 1. The largest absolute Gasteiger partial charge is 0.573 e. The Morgan fingerprint density at radius 3 is 2.44 bits per heavy atom. The molecule has 13 heteroatoms. The fraction of sp³-hybridized carbons (Fsp3) is 0.333. The molecule has 1 saturated carbocycles. The van der Waals surface area contributed by atoms with Crippen LogP contribution in [0.2, 0.25) is 5.02 Å². The molecule has 0 bridgehead atoms. The van der Waals surface area contributed by atoms with E-state index in [9.17, 15) is 27.2 Å². The van der Waals surface area contributed by atoms with E-state index >= 15 is 0 Å². The number of fused-ring (bicyclic) bond motifs is 1. The molecule has 2 N–H and O–H groups in total. The molecular weight excluding hydrogens is 596 g/mol. The number of carboxylic acid groups (broad SMARTS) is 1. The lowest BCUT2D eigenvalue weighted by Crippen LogP contribution is -2.37. The van der Waals surface area contributed by atoms with E-state index in [2.05, 4.69) is 10.1 Å². The standard InChI is InChI=1S/C30H27ClF4N2O6/c1-41-22-11-21(12-23(13-22)42-15-16-8-19(9-16)29(39)40)36-27(17-2-4-20(31)5-3-17)28(38)37-7-6-18-10-24(32)26(14-25(18)37)43-30(33,34)35/h2-5,10-14,16,19,27,36H,6-9,15H2,1H3,(H,39,40)/t16-,19-,27?. The third-order valence-electron chi connectivity index (χ3n) is 7.47. The van der Waals surface area contributed by atoms with Crippen molar-refractivity contribution in [2.24, 2.45) is 11.8 Å². The molecule has 1 fully saturated rings. The summed E-state index contributed by atoms with van der Waals surface area (Å²) in [4.78, 5) is 26.4. The van der Waals surface area contributed by atoms with Crippen LogP contribution in [0.3, 0.4) is 0 Å². The predicted octanol–water partition coefficient (Wildman–Crippen LogP) is 6.62. The molecule has 1 aliphatic carbocycles. The van der Waals surface area contributed by atoms with Crippen molar-refractivity contribution in [2.45, 2.75) is 31.7 Å². The first-order valence-electron chi connectivity index (χ1n) is 13.4. The molecule has 1 aliphatic heterocycles. The molecule has 0 aromatic heterocycles. The lowest BCUT2D eigenvalue weighted by Gasteiger charge is -2.32. The number of nitrogens with zero attached hydrogens (tertiary/aromatic N) is 1. The summed E-state index contributed by atoms with van der Waals surface area (Å²) in [5.74, 6) is -2.96. The zero-order chi connectivity index (χ0) is 30.9. The highest BCUT2D eigenvalue weighted by Gasteiger charge is 2.37. The van der Waals surface area contributed by atoms with Crippen molar-refractivity contribution >= 4 is 34.9 Å². The van der Waals surface area contributed by atoms with E-state index in [-0.39, 0.29) is 30.5 Å². The topological polar surface area (TPSA) is 97.3 Å². The van der Waals surface area contributed by atoms with Gasteiger partial charge in [-0.25, -0.2) is 4.39 Å². The Bertz CT molecular complexity index is 1510. The number of nitrogens with one attached hydrogen (secondary N) is 1. The van der Waals surface area contributed by atoms with Crippen molar-refractivity contribution < 1.29 is 46.5 Å². The van der Waals surface area contributed by atoms with E-state index < -0.39 is 35.8 Å². The average Bonchev–Trinajstić information content (AvgIpc) is 3.32. The van der Waals surface area contributed by atoms with Crippen LogP contribution in [0.1, 0.15) is 30.0 Å². The van der Waals surface area contributed by atoms with Gasteiger partial charge in [0.25, 0.3) is 5.91 Å². The monoisotopic (exact) mass is 622 g/mol. The Balaban J connectivity index is 1.41. The first-order chi connectivity index (χ1) is 20.4. The third kappa shape index (κ3) is 7.07. The molecule has 1 unspecified atom stereocenters. The number of hydrogen-bond donors (Lipinski definition) is 2. The van der Waals surface area contributed by atoms with Gasteiger partial charge in [0.05, 0.1) is 25.3 Å². The average molecular weight is 623 g/mol. The summed E-state index contributed by atoms with van der Waals surface area (Å²) < 4.78 is 68.2. The van der Waals surface area contributed by atoms with E-state index in [1.807, 2.05) is 0 Å². The molecule has 1 atom stereocenters. The number of aliphatic carboxylic acids is 1. The summed E-state index contributed by atoms with van der Waals surface area (Å²) in [6, 6.07) is 12.2. The highest BCUT2D eigenvalue weighted by molar-refractivity contribution is 6.30. The Morgan fingerprint density at radius 1 is 1.09 bits per heavy atom. The second-order valence-electron chi connectivity index (χ2n) is 10.4. The summed E-state index contributed by atoms with van der Waals surface area (Å²) >= 11 is 6.08. The van der Waals surface area contributed by atoms with Crippen LogP contribution in [0.4, 0.5) is 28.9 Å². The number of carboxylic acids is 1. The fourth-order valence-corrected chi connectivity index (χ4v) is 5.35. The van der Waals surface area contributed by atoms with Crippen LogP contribution in [0.15, 0.2) is 54.6 Å². The molecule has 3 aromatic carbocycles. The van der Waals surface area contributed by atoms with Gasteiger partial charge >= 0.3 is 12.3 Å². The molecule has 228 valence electrons. The van der Waals surface area contributed by atoms with Gasteiger partial charge in [-0.15, -0.1) is 13.2 Å². The zero-order valence-corrected chi connectivity index (χ0v) is 23.5. The summed E-state index contributed by atoms with van der Waals surface area (Å²) in [7, 11) is 1.47. The van der Waals surface area contributed by atoms with Crippen LogP contribution in [0, 0.1) is 17.7 Å². The SMILES string of the molecule is COc1cc(NC(C(=O)N2CCc3cc(F)c(OC(F)(F)F)cc32)c2ccc(Cl)cc2)cc(OC[C@H]2C[C@H](C(=O)O)C2)c1. The molecule has 0 saturated heterocycles. The zero-order valence-electron chi connectivity index (χ0n) is 22.8. The van der Waals surface area contributed by atoms with Crippen molar-refractivity contribution in [1.82, 2.24) is 0 Å². The number of carbonyl (C=O) groups excluding carboxylic acids is 1. The van der Waals surface area contributed by atoms with Crippen LogP contribution < -0.4 is 24.4 Å².